The van der Waals surface area contributed by atoms with Crippen molar-refractivity contribution in [3.63, 3.8) is 0 Å². The zero-order valence-electron chi connectivity index (χ0n) is 12.7. The third-order valence-electron chi connectivity index (χ3n) is 5.64. The Bertz CT molecular complexity index is 458. The average Bonchev–Trinajstić information content (AvgIpc) is 2.49. The van der Waals surface area contributed by atoms with Crippen LogP contribution >= 0.6 is 0 Å². The van der Waals surface area contributed by atoms with Gasteiger partial charge >= 0.3 is 0 Å². The number of nitrogens with two attached hydrogens (primary N) is 1. The molecule has 1 saturated carbocycles. The van der Waals surface area contributed by atoms with Gasteiger partial charge in [0.15, 0.2) is 0 Å². The summed E-state index contributed by atoms with van der Waals surface area (Å²) in [7, 11) is 0. The fraction of sp³-hybridized carbons (Fsp3) is 0.667. The van der Waals surface area contributed by atoms with Gasteiger partial charge in [-0.25, -0.2) is 0 Å². The van der Waals surface area contributed by atoms with Gasteiger partial charge in [0.05, 0.1) is 6.61 Å². The van der Waals surface area contributed by atoms with Crippen LogP contribution in [0.4, 0.5) is 0 Å². The summed E-state index contributed by atoms with van der Waals surface area (Å²) in [5.41, 5.74) is 7.94. The molecule has 0 bridgehead atoms. The van der Waals surface area contributed by atoms with Gasteiger partial charge in [-0.1, -0.05) is 38.5 Å². The summed E-state index contributed by atoms with van der Waals surface area (Å²) in [6, 6.07) is 8.68. The van der Waals surface area contributed by atoms with Crippen LogP contribution in [0.25, 0.3) is 0 Å². The molecule has 0 saturated heterocycles. The molecule has 110 valence electrons. The molecule has 1 aromatic carbocycles. The summed E-state index contributed by atoms with van der Waals surface area (Å²) in [5, 5.41) is 0. The van der Waals surface area contributed by atoms with E-state index in [0.29, 0.717) is 17.9 Å². The fourth-order valence-corrected chi connectivity index (χ4v) is 3.92. The summed E-state index contributed by atoms with van der Waals surface area (Å²) < 4.78 is 5.92. The molecule has 1 fully saturated rings. The molecule has 1 aromatic rings. The second-order valence-electron chi connectivity index (χ2n) is 6.99. The van der Waals surface area contributed by atoms with E-state index in [-0.39, 0.29) is 0 Å². The monoisotopic (exact) mass is 273 g/mol. The summed E-state index contributed by atoms with van der Waals surface area (Å²) in [6.45, 7) is 5.56. The van der Waals surface area contributed by atoms with Gasteiger partial charge in [0, 0.05) is 12.0 Å². The molecule has 2 nitrogen and oxygen atoms in total. The quantitative estimate of drug-likeness (QED) is 0.893. The van der Waals surface area contributed by atoms with Gasteiger partial charge in [-0.2, -0.15) is 0 Å². The predicted molar refractivity (Wildman–Crippen MR) is 82.8 cm³/mol. The van der Waals surface area contributed by atoms with Crippen LogP contribution < -0.4 is 10.5 Å². The van der Waals surface area contributed by atoms with E-state index in [9.17, 15) is 0 Å². The molecule has 3 rings (SSSR count). The number of fused-ring (bicyclic) bond motifs is 1. The van der Waals surface area contributed by atoms with Gasteiger partial charge < -0.3 is 10.5 Å². The fourth-order valence-electron chi connectivity index (χ4n) is 3.92. The van der Waals surface area contributed by atoms with Crippen LogP contribution in [0.5, 0.6) is 5.75 Å². The standard InChI is InChI=1S/C18H27NO/c1-12-7-8-15(9-13(12)2)18(19)16-10-14-5-3-4-6-17(14)20-11-16/h3-6,12-13,15-16,18H,7-11,19H2,1-2H3. The van der Waals surface area contributed by atoms with Crippen LogP contribution in [0, 0.1) is 23.7 Å². The van der Waals surface area contributed by atoms with Crippen LogP contribution in [-0.2, 0) is 6.42 Å². The van der Waals surface area contributed by atoms with Gasteiger partial charge in [0.25, 0.3) is 0 Å². The lowest BCUT2D eigenvalue weighted by molar-refractivity contribution is 0.124. The van der Waals surface area contributed by atoms with Crippen molar-refractivity contribution in [3.8, 4) is 5.75 Å². The second kappa shape index (κ2) is 5.77. The van der Waals surface area contributed by atoms with E-state index in [0.717, 1.165) is 30.6 Å². The molecule has 1 aliphatic carbocycles. The highest BCUT2D eigenvalue weighted by Gasteiger charge is 2.34. The largest absolute Gasteiger partial charge is 0.493 e. The van der Waals surface area contributed by atoms with Crippen LogP contribution in [0.2, 0.25) is 0 Å². The molecule has 0 radical (unpaired) electrons. The molecule has 2 N–H and O–H groups in total. The SMILES string of the molecule is CC1CCC(C(N)C2COc3ccccc3C2)CC1C. The minimum atomic E-state index is 0.290. The van der Waals surface area contributed by atoms with Crippen molar-refractivity contribution < 1.29 is 4.74 Å². The van der Waals surface area contributed by atoms with Crippen molar-refractivity contribution in [1.29, 1.82) is 0 Å². The van der Waals surface area contributed by atoms with E-state index in [1.54, 1.807) is 0 Å². The molecular formula is C18H27NO. The molecule has 5 unspecified atom stereocenters. The smallest absolute Gasteiger partial charge is 0.122 e. The topological polar surface area (TPSA) is 35.2 Å². The molecule has 1 heterocycles. The summed E-state index contributed by atoms with van der Waals surface area (Å²) in [5.74, 6) is 3.90. The van der Waals surface area contributed by atoms with Crippen molar-refractivity contribution in [2.24, 2.45) is 29.4 Å². The Morgan fingerprint density at radius 2 is 1.90 bits per heavy atom. The first-order valence-corrected chi connectivity index (χ1v) is 8.11. The zero-order valence-corrected chi connectivity index (χ0v) is 12.7. The van der Waals surface area contributed by atoms with E-state index in [4.69, 9.17) is 10.5 Å². The van der Waals surface area contributed by atoms with E-state index >= 15 is 0 Å². The lowest BCUT2D eigenvalue weighted by Gasteiger charge is -2.39. The number of rotatable bonds is 2. The third kappa shape index (κ3) is 2.71. The Labute approximate surface area is 122 Å². The average molecular weight is 273 g/mol. The van der Waals surface area contributed by atoms with Crippen LogP contribution in [0.1, 0.15) is 38.7 Å². The van der Waals surface area contributed by atoms with Gasteiger partial charge in [-0.15, -0.1) is 0 Å². The molecule has 1 aliphatic heterocycles. The van der Waals surface area contributed by atoms with Gasteiger partial charge in [-0.3, -0.25) is 0 Å². The van der Waals surface area contributed by atoms with Crippen LogP contribution in [-0.4, -0.2) is 12.6 Å². The van der Waals surface area contributed by atoms with Crippen molar-refractivity contribution >= 4 is 0 Å². The second-order valence-corrected chi connectivity index (χ2v) is 6.99. The number of para-hydroxylation sites is 1. The van der Waals surface area contributed by atoms with Crippen molar-refractivity contribution in [2.45, 2.75) is 45.6 Å². The van der Waals surface area contributed by atoms with Gasteiger partial charge in [-0.05, 0) is 48.6 Å². The summed E-state index contributed by atoms with van der Waals surface area (Å²) in [4.78, 5) is 0. The Hall–Kier alpha value is -1.02. The highest BCUT2D eigenvalue weighted by molar-refractivity contribution is 5.35. The molecule has 2 aliphatic rings. The molecule has 0 amide bonds. The van der Waals surface area contributed by atoms with Crippen LogP contribution in [0.15, 0.2) is 24.3 Å². The van der Waals surface area contributed by atoms with Gasteiger partial charge in [0.2, 0.25) is 0 Å². The number of hydrogen-bond acceptors (Lipinski definition) is 2. The Morgan fingerprint density at radius 3 is 2.70 bits per heavy atom. The molecule has 5 atom stereocenters. The number of hydrogen-bond donors (Lipinski definition) is 1. The normalized spacial score (nSPS) is 35.0. The lowest BCUT2D eigenvalue weighted by atomic mass is 9.70. The molecule has 0 spiro atoms. The minimum absolute atomic E-state index is 0.290. The first-order chi connectivity index (χ1) is 9.65. The summed E-state index contributed by atoms with van der Waals surface area (Å²) in [6.07, 6.45) is 5.01. The van der Waals surface area contributed by atoms with E-state index in [1.165, 1.54) is 24.8 Å². The van der Waals surface area contributed by atoms with E-state index in [1.807, 2.05) is 6.07 Å². The van der Waals surface area contributed by atoms with Crippen molar-refractivity contribution in [1.82, 2.24) is 0 Å². The maximum atomic E-state index is 6.61. The van der Waals surface area contributed by atoms with Crippen LogP contribution in [0.3, 0.4) is 0 Å². The maximum absolute atomic E-state index is 6.61. The zero-order chi connectivity index (χ0) is 14.1. The number of ether oxygens (including phenoxy) is 1. The minimum Gasteiger partial charge on any atom is -0.493 e. The maximum Gasteiger partial charge on any atom is 0.122 e. The molecule has 2 heteroatoms. The van der Waals surface area contributed by atoms with Gasteiger partial charge in [0.1, 0.15) is 5.75 Å². The first kappa shape index (κ1) is 13.9. The molecular weight excluding hydrogens is 246 g/mol. The Kier molecular flexibility index (Phi) is 4.02. The Balaban J connectivity index is 1.65. The molecule has 20 heavy (non-hydrogen) atoms. The lowest BCUT2D eigenvalue weighted by Crippen LogP contribution is -2.45. The number of benzene rings is 1. The highest BCUT2D eigenvalue weighted by Crippen LogP contribution is 2.38. The first-order valence-electron chi connectivity index (χ1n) is 8.11. The van der Waals surface area contributed by atoms with E-state index in [2.05, 4.69) is 32.0 Å². The van der Waals surface area contributed by atoms with Crippen molar-refractivity contribution in [3.05, 3.63) is 29.8 Å². The highest BCUT2D eigenvalue weighted by atomic mass is 16.5. The summed E-state index contributed by atoms with van der Waals surface area (Å²) >= 11 is 0. The van der Waals surface area contributed by atoms with E-state index < -0.39 is 0 Å². The molecule has 0 aromatic heterocycles. The predicted octanol–water partition coefficient (Wildman–Crippen LogP) is 3.64. The Morgan fingerprint density at radius 1 is 1.10 bits per heavy atom. The third-order valence-corrected chi connectivity index (χ3v) is 5.64. The van der Waals surface area contributed by atoms with Crippen molar-refractivity contribution in [2.75, 3.05) is 6.61 Å².